The largest absolute Gasteiger partial charge is 0.481 e. The molecule has 0 unspecified atom stereocenters. The van der Waals surface area contributed by atoms with Crippen molar-refractivity contribution >= 4 is 23.5 Å². The molecule has 6 heteroatoms. The Labute approximate surface area is 110 Å². The molecule has 0 aromatic carbocycles. The molecule has 98 valence electrons. The van der Waals surface area contributed by atoms with Crippen molar-refractivity contribution in [2.24, 2.45) is 0 Å². The molecule has 0 saturated carbocycles. The van der Waals surface area contributed by atoms with E-state index in [1.165, 1.54) is 0 Å². The summed E-state index contributed by atoms with van der Waals surface area (Å²) >= 11 is 5.87. The molecule has 18 heavy (non-hydrogen) atoms. The second-order valence-electron chi connectivity index (χ2n) is 3.70. The number of nitrogens with zero attached hydrogens (tertiary/aromatic N) is 1. The van der Waals surface area contributed by atoms with Crippen molar-refractivity contribution in [3.05, 3.63) is 28.5 Å². The molecule has 0 aliphatic carbocycles. The van der Waals surface area contributed by atoms with Gasteiger partial charge in [0.15, 0.2) is 0 Å². The van der Waals surface area contributed by atoms with E-state index in [2.05, 4.69) is 4.98 Å². The molecule has 1 aromatic rings. The van der Waals surface area contributed by atoms with Crippen molar-refractivity contribution in [1.82, 2.24) is 4.98 Å². The van der Waals surface area contributed by atoms with E-state index in [-0.39, 0.29) is 19.4 Å². The zero-order chi connectivity index (χ0) is 13.5. The first-order chi connectivity index (χ1) is 8.52. The van der Waals surface area contributed by atoms with Gasteiger partial charge in [0.25, 0.3) is 0 Å². The van der Waals surface area contributed by atoms with Crippen molar-refractivity contribution in [3.8, 4) is 0 Å². The average molecular weight is 272 g/mol. The number of carbonyl (C=O) groups is 2. The van der Waals surface area contributed by atoms with E-state index in [0.29, 0.717) is 10.7 Å². The van der Waals surface area contributed by atoms with Gasteiger partial charge in [-0.15, -0.1) is 0 Å². The van der Waals surface area contributed by atoms with Crippen LogP contribution in [0.25, 0.3) is 0 Å². The molecule has 0 aliphatic heterocycles. The highest BCUT2D eigenvalue weighted by Gasteiger charge is 2.09. The van der Waals surface area contributed by atoms with E-state index in [1.807, 2.05) is 13.0 Å². The predicted molar refractivity (Wildman–Crippen MR) is 65.3 cm³/mol. The van der Waals surface area contributed by atoms with Gasteiger partial charge in [0.1, 0.15) is 11.8 Å². The molecular formula is C12H14ClNO4. The maximum Gasteiger partial charge on any atom is 0.306 e. The third-order valence-electron chi connectivity index (χ3n) is 2.31. The first-order valence-corrected chi connectivity index (χ1v) is 5.91. The summed E-state index contributed by atoms with van der Waals surface area (Å²) in [5.74, 6) is -1.59. The molecule has 0 spiro atoms. The predicted octanol–water partition coefficient (Wildman–Crippen LogP) is 2.21. The summed E-state index contributed by atoms with van der Waals surface area (Å²) in [7, 11) is 0. The van der Waals surface area contributed by atoms with Crippen LogP contribution in [0.2, 0.25) is 5.15 Å². The summed E-state index contributed by atoms with van der Waals surface area (Å²) in [6.07, 6.45) is 2.09. The van der Waals surface area contributed by atoms with Crippen LogP contribution in [0.15, 0.2) is 12.3 Å². The number of aryl methyl sites for hydroxylation is 1. The van der Waals surface area contributed by atoms with E-state index in [9.17, 15) is 9.59 Å². The van der Waals surface area contributed by atoms with Gasteiger partial charge >= 0.3 is 11.9 Å². The van der Waals surface area contributed by atoms with Gasteiger partial charge in [0.05, 0.1) is 12.8 Å². The highest BCUT2D eigenvalue weighted by molar-refractivity contribution is 6.30. The van der Waals surface area contributed by atoms with E-state index >= 15 is 0 Å². The second-order valence-corrected chi connectivity index (χ2v) is 4.06. The molecule has 0 saturated heterocycles. The summed E-state index contributed by atoms with van der Waals surface area (Å²) in [4.78, 5) is 25.5. The summed E-state index contributed by atoms with van der Waals surface area (Å²) in [5, 5.41) is 8.71. The maximum absolute atomic E-state index is 11.2. The first kappa shape index (κ1) is 14.4. The van der Waals surface area contributed by atoms with E-state index in [1.54, 1.807) is 6.20 Å². The van der Waals surface area contributed by atoms with Crippen molar-refractivity contribution in [2.75, 3.05) is 0 Å². The minimum atomic E-state index is -1.03. The fourth-order valence-corrected chi connectivity index (χ4v) is 1.43. The monoisotopic (exact) mass is 271 g/mol. The number of rotatable bonds is 6. The fourth-order valence-electron chi connectivity index (χ4n) is 1.28. The zero-order valence-electron chi connectivity index (χ0n) is 9.98. The number of carbonyl (C=O) groups excluding carboxylic acids is 1. The lowest BCUT2D eigenvalue weighted by atomic mass is 10.2. The number of hydrogen-bond acceptors (Lipinski definition) is 4. The fraction of sp³-hybridized carbons (Fsp3) is 0.417. The Hall–Kier alpha value is -1.62. The number of esters is 1. The number of aromatic nitrogens is 1. The van der Waals surface area contributed by atoms with Crippen LogP contribution in [0.3, 0.4) is 0 Å². The third-order valence-corrected chi connectivity index (χ3v) is 2.65. The Kier molecular flexibility index (Phi) is 5.58. The Balaban J connectivity index is 2.52. The molecule has 1 aromatic heterocycles. The van der Waals surface area contributed by atoms with Gasteiger partial charge in [-0.2, -0.15) is 0 Å². The average Bonchev–Trinajstić information content (AvgIpc) is 2.35. The van der Waals surface area contributed by atoms with E-state index < -0.39 is 11.9 Å². The molecule has 0 bridgehead atoms. The van der Waals surface area contributed by atoms with Crippen LogP contribution >= 0.6 is 11.6 Å². The number of halogens is 1. The lowest BCUT2D eigenvalue weighted by molar-refractivity contribution is -0.148. The van der Waals surface area contributed by atoms with Crippen LogP contribution in [0, 0.1) is 0 Å². The van der Waals surface area contributed by atoms with Crippen LogP contribution in [-0.2, 0) is 27.4 Å². The SMILES string of the molecule is CCc1cnc(Cl)c(COC(=O)CCC(=O)O)c1. The summed E-state index contributed by atoms with van der Waals surface area (Å²) in [6, 6.07) is 1.82. The molecule has 0 amide bonds. The van der Waals surface area contributed by atoms with Gasteiger partial charge in [-0.3, -0.25) is 9.59 Å². The lowest BCUT2D eigenvalue weighted by Crippen LogP contribution is -2.08. The number of hydrogen-bond donors (Lipinski definition) is 1. The minimum absolute atomic E-state index is 0.0120. The van der Waals surface area contributed by atoms with Gasteiger partial charge in [-0.05, 0) is 18.1 Å². The summed E-state index contributed by atoms with van der Waals surface area (Å²) in [5.41, 5.74) is 1.62. The van der Waals surface area contributed by atoms with Crippen LogP contribution in [0.1, 0.15) is 30.9 Å². The molecule has 0 radical (unpaired) electrons. The molecule has 0 aliphatic rings. The van der Waals surface area contributed by atoms with Crippen LogP contribution < -0.4 is 0 Å². The van der Waals surface area contributed by atoms with Gasteiger partial charge in [0.2, 0.25) is 0 Å². The van der Waals surface area contributed by atoms with Gasteiger partial charge in [-0.1, -0.05) is 18.5 Å². The highest BCUT2D eigenvalue weighted by Crippen LogP contribution is 2.16. The summed E-state index contributed by atoms with van der Waals surface area (Å²) < 4.78 is 4.93. The van der Waals surface area contributed by atoms with Crippen molar-refractivity contribution in [1.29, 1.82) is 0 Å². The number of ether oxygens (including phenoxy) is 1. The lowest BCUT2D eigenvalue weighted by Gasteiger charge is -2.07. The number of aliphatic carboxylic acids is 1. The minimum Gasteiger partial charge on any atom is -0.481 e. The zero-order valence-corrected chi connectivity index (χ0v) is 10.7. The van der Waals surface area contributed by atoms with Crippen LogP contribution in [0.4, 0.5) is 0 Å². The Bertz CT molecular complexity index is 448. The second kappa shape index (κ2) is 6.96. The molecular weight excluding hydrogens is 258 g/mol. The molecule has 1 heterocycles. The Morgan fingerprint density at radius 3 is 2.78 bits per heavy atom. The molecule has 0 fully saturated rings. The maximum atomic E-state index is 11.2. The van der Waals surface area contributed by atoms with Crippen molar-refractivity contribution in [3.63, 3.8) is 0 Å². The Morgan fingerprint density at radius 2 is 2.17 bits per heavy atom. The van der Waals surface area contributed by atoms with E-state index in [4.69, 9.17) is 21.4 Å². The normalized spacial score (nSPS) is 10.1. The molecule has 5 nitrogen and oxygen atoms in total. The van der Waals surface area contributed by atoms with Crippen LogP contribution in [-0.4, -0.2) is 22.0 Å². The standard InChI is InChI=1S/C12H14ClNO4/c1-2-8-5-9(12(13)14-6-8)7-18-11(17)4-3-10(15)16/h5-6H,2-4,7H2,1H3,(H,15,16). The van der Waals surface area contributed by atoms with Crippen LogP contribution in [0.5, 0.6) is 0 Å². The number of carboxylic acid groups (broad SMARTS) is 1. The smallest absolute Gasteiger partial charge is 0.306 e. The molecule has 1 N–H and O–H groups in total. The summed E-state index contributed by atoms with van der Waals surface area (Å²) in [6.45, 7) is 1.99. The third kappa shape index (κ3) is 4.71. The van der Waals surface area contributed by atoms with Crippen molar-refractivity contribution in [2.45, 2.75) is 32.8 Å². The van der Waals surface area contributed by atoms with Crippen molar-refractivity contribution < 1.29 is 19.4 Å². The number of pyridine rings is 1. The number of carboxylic acids is 1. The molecule has 0 atom stereocenters. The molecule has 1 rings (SSSR count). The van der Waals surface area contributed by atoms with Gasteiger partial charge < -0.3 is 9.84 Å². The highest BCUT2D eigenvalue weighted by atomic mass is 35.5. The Morgan fingerprint density at radius 1 is 1.44 bits per heavy atom. The first-order valence-electron chi connectivity index (χ1n) is 5.53. The topological polar surface area (TPSA) is 76.5 Å². The van der Waals surface area contributed by atoms with Gasteiger partial charge in [-0.25, -0.2) is 4.98 Å². The van der Waals surface area contributed by atoms with Gasteiger partial charge in [0, 0.05) is 11.8 Å². The van der Waals surface area contributed by atoms with E-state index in [0.717, 1.165) is 12.0 Å². The quantitative estimate of drug-likeness (QED) is 0.634.